The summed E-state index contributed by atoms with van der Waals surface area (Å²) in [4.78, 5) is 41.2. The average molecular weight is 617 g/mol. The quantitative estimate of drug-likeness (QED) is 0.227. The van der Waals surface area contributed by atoms with Crippen molar-refractivity contribution >= 4 is 22.7 Å². The topological polar surface area (TPSA) is 102 Å². The van der Waals surface area contributed by atoms with E-state index in [1.54, 1.807) is 0 Å². The molecule has 8 nitrogen and oxygen atoms in total. The second-order valence-electron chi connectivity index (χ2n) is 13.8. The van der Waals surface area contributed by atoms with E-state index < -0.39 is 35.4 Å². The first-order valence-corrected chi connectivity index (χ1v) is 16.4. The second-order valence-corrected chi connectivity index (χ2v) is 13.8. The molecule has 2 heterocycles. The van der Waals surface area contributed by atoms with Crippen molar-refractivity contribution in [2.45, 2.75) is 109 Å². The molecule has 1 aromatic carbocycles. The number of imide groups is 1. The minimum absolute atomic E-state index is 0.107. The van der Waals surface area contributed by atoms with Crippen molar-refractivity contribution in [1.82, 2.24) is 20.2 Å². The zero-order chi connectivity index (χ0) is 31.1. The third-order valence-electron chi connectivity index (χ3n) is 10.7. The van der Waals surface area contributed by atoms with Crippen LogP contribution in [0.25, 0.3) is 10.9 Å². The van der Waals surface area contributed by atoms with Crippen molar-refractivity contribution in [2.24, 2.45) is 23.2 Å². The Morgan fingerprint density at radius 1 is 1.02 bits per heavy atom. The Kier molecular flexibility index (Phi) is 8.78. The Morgan fingerprint density at radius 2 is 1.68 bits per heavy atom. The van der Waals surface area contributed by atoms with Gasteiger partial charge >= 0.3 is 6.18 Å². The van der Waals surface area contributed by atoms with Crippen molar-refractivity contribution in [3.63, 3.8) is 0 Å². The first-order valence-electron chi connectivity index (χ1n) is 16.4. The Hall–Kier alpha value is -2.95. The van der Waals surface area contributed by atoms with Gasteiger partial charge in [-0.3, -0.25) is 24.3 Å². The number of halogens is 3. The number of benzene rings is 1. The number of alkyl halides is 3. The largest absolute Gasteiger partial charge is 0.493 e. The lowest BCUT2D eigenvalue weighted by Gasteiger charge is -2.59. The lowest BCUT2D eigenvalue weighted by atomic mass is 9.48. The fraction of sp³-hybridized carbons (Fsp3) is 0.697. The lowest BCUT2D eigenvalue weighted by Crippen LogP contribution is -2.54. The Balaban J connectivity index is 1.000. The number of rotatable bonds is 12. The van der Waals surface area contributed by atoms with Gasteiger partial charge in [-0.15, -0.1) is 0 Å². The SMILES string of the molecule is C[C@H](NCCCCCCCOc1cccc2nc(C(F)(F)F)n([C@H]3CCC(=O)NC3=O)c(=O)c12)C12CC3CC(CC(C3)C1)C2. The van der Waals surface area contributed by atoms with Crippen molar-refractivity contribution in [3.8, 4) is 5.75 Å². The van der Waals surface area contributed by atoms with Gasteiger partial charge in [-0.25, -0.2) is 4.98 Å². The normalized spacial score (nSPS) is 28.8. The number of nitrogens with zero attached hydrogens (tertiary/aromatic N) is 2. The number of fused-ring (bicyclic) bond motifs is 1. The Morgan fingerprint density at radius 3 is 2.34 bits per heavy atom. The van der Waals surface area contributed by atoms with Crippen LogP contribution in [0.2, 0.25) is 0 Å². The predicted octanol–water partition coefficient (Wildman–Crippen LogP) is 5.92. The smallest absolute Gasteiger partial charge is 0.449 e. The molecular formula is C33H43F3N4O4. The molecule has 44 heavy (non-hydrogen) atoms. The highest BCUT2D eigenvalue weighted by Gasteiger charge is 2.53. The van der Waals surface area contributed by atoms with Gasteiger partial charge in [0, 0.05) is 12.5 Å². The molecule has 5 fully saturated rings. The third kappa shape index (κ3) is 6.26. The molecule has 4 saturated carbocycles. The van der Waals surface area contributed by atoms with Crippen LogP contribution in [0.1, 0.15) is 102 Å². The zero-order valence-corrected chi connectivity index (χ0v) is 25.4. The number of unbranched alkanes of at least 4 members (excludes halogenated alkanes) is 4. The summed E-state index contributed by atoms with van der Waals surface area (Å²) in [6.45, 7) is 3.73. The summed E-state index contributed by atoms with van der Waals surface area (Å²) < 4.78 is 48.1. The Bertz CT molecular complexity index is 1420. The molecule has 7 rings (SSSR count). The van der Waals surface area contributed by atoms with E-state index in [0.717, 1.165) is 56.4 Å². The number of carbonyl (C=O) groups is 2. The van der Waals surface area contributed by atoms with Crippen molar-refractivity contribution in [2.75, 3.05) is 13.2 Å². The van der Waals surface area contributed by atoms with E-state index in [1.807, 2.05) is 5.32 Å². The van der Waals surface area contributed by atoms with Crippen LogP contribution in [0.4, 0.5) is 13.2 Å². The molecule has 2 N–H and O–H groups in total. The second kappa shape index (κ2) is 12.4. The standard InChI is InChI=1S/C33H43F3N4O4/c1-20(32-17-21-14-22(18-32)16-23(15-21)19-32)37-12-5-3-2-4-6-13-44-26-9-7-8-24-28(26)30(43)40(31(38-24)33(34,35)36)25-10-11-27(41)39-29(25)42/h7-9,20-23,25,37H,2-6,10-19H2,1H3,(H,39,41,42)/t20-,21?,22?,23?,25-,32?/m0/s1. The fourth-order valence-corrected chi connectivity index (χ4v) is 8.93. The molecule has 240 valence electrons. The highest BCUT2D eigenvalue weighted by Crippen LogP contribution is 2.61. The molecule has 1 saturated heterocycles. The van der Waals surface area contributed by atoms with Gasteiger partial charge < -0.3 is 10.1 Å². The van der Waals surface area contributed by atoms with Crippen LogP contribution in [0.5, 0.6) is 5.75 Å². The van der Waals surface area contributed by atoms with Gasteiger partial charge in [0.25, 0.3) is 5.56 Å². The van der Waals surface area contributed by atoms with Crippen LogP contribution in [-0.2, 0) is 15.8 Å². The van der Waals surface area contributed by atoms with Crippen molar-refractivity contribution in [1.29, 1.82) is 0 Å². The molecule has 2 aromatic rings. The van der Waals surface area contributed by atoms with Gasteiger partial charge in [-0.1, -0.05) is 25.3 Å². The number of aromatic nitrogens is 2. The highest BCUT2D eigenvalue weighted by molar-refractivity contribution is 5.99. The first-order chi connectivity index (χ1) is 21.0. The Labute approximate surface area is 255 Å². The van der Waals surface area contributed by atoms with Gasteiger partial charge in [-0.2, -0.15) is 13.2 Å². The van der Waals surface area contributed by atoms with E-state index in [9.17, 15) is 27.6 Å². The summed E-state index contributed by atoms with van der Waals surface area (Å²) >= 11 is 0. The summed E-state index contributed by atoms with van der Waals surface area (Å²) in [5.41, 5.74) is -0.649. The summed E-state index contributed by atoms with van der Waals surface area (Å²) in [5, 5.41) is 5.78. The fourth-order valence-electron chi connectivity index (χ4n) is 8.93. The highest BCUT2D eigenvalue weighted by atomic mass is 19.4. The van der Waals surface area contributed by atoms with Crippen LogP contribution in [-0.4, -0.2) is 40.6 Å². The molecule has 1 aliphatic heterocycles. The molecular weight excluding hydrogens is 573 g/mol. The van der Waals surface area contributed by atoms with Crippen LogP contribution >= 0.6 is 0 Å². The monoisotopic (exact) mass is 616 g/mol. The summed E-state index contributed by atoms with van der Waals surface area (Å²) in [7, 11) is 0. The molecule has 5 aliphatic rings. The van der Waals surface area contributed by atoms with Gasteiger partial charge in [0.05, 0.1) is 12.1 Å². The van der Waals surface area contributed by atoms with E-state index in [0.29, 0.717) is 22.6 Å². The number of ether oxygens (including phenoxy) is 1. The zero-order valence-electron chi connectivity index (χ0n) is 25.4. The first kappa shape index (κ1) is 31.0. The average Bonchev–Trinajstić information content (AvgIpc) is 2.95. The molecule has 0 unspecified atom stereocenters. The van der Waals surface area contributed by atoms with Gasteiger partial charge in [-0.05, 0) is 107 Å². The van der Waals surface area contributed by atoms with E-state index >= 15 is 0 Å². The predicted molar refractivity (Wildman–Crippen MR) is 159 cm³/mol. The maximum Gasteiger partial charge on any atom is 0.449 e. The number of nitrogens with one attached hydrogen (secondary N) is 2. The molecule has 0 radical (unpaired) electrons. The molecule has 4 aliphatic carbocycles. The summed E-state index contributed by atoms with van der Waals surface area (Å²) in [5.74, 6) is 0.00523. The van der Waals surface area contributed by atoms with E-state index in [4.69, 9.17) is 4.74 Å². The van der Waals surface area contributed by atoms with Crippen LogP contribution in [0.3, 0.4) is 0 Å². The van der Waals surface area contributed by atoms with E-state index in [2.05, 4.69) is 17.2 Å². The number of carbonyl (C=O) groups excluding carboxylic acids is 2. The number of hydrogen-bond donors (Lipinski definition) is 2. The summed E-state index contributed by atoms with van der Waals surface area (Å²) in [6, 6.07) is 3.44. The molecule has 2 amide bonds. The molecule has 11 heteroatoms. The van der Waals surface area contributed by atoms with Crippen LogP contribution in [0, 0.1) is 23.2 Å². The molecule has 2 atom stereocenters. The minimum atomic E-state index is -4.98. The van der Waals surface area contributed by atoms with Gasteiger partial charge in [0.1, 0.15) is 17.2 Å². The van der Waals surface area contributed by atoms with E-state index in [1.165, 1.54) is 56.7 Å². The molecule has 0 spiro atoms. The van der Waals surface area contributed by atoms with Crippen molar-refractivity contribution in [3.05, 3.63) is 34.4 Å². The minimum Gasteiger partial charge on any atom is -0.493 e. The maximum atomic E-state index is 13.9. The molecule has 1 aromatic heterocycles. The van der Waals surface area contributed by atoms with Crippen LogP contribution in [0.15, 0.2) is 23.0 Å². The molecule has 4 bridgehead atoms. The number of amides is 2. The summed E-state index contributed by atoms with van der Waals surface area (Å²) in [6.07, 6.45) is 8.20. The third-order valence-corrected chi connectivity index (χ3v) is 10.7. The van der Waals surface area contributed by atoms with E-state index in [-0.39, 0.29) is 29.5 Å². The van der Waals surface area contributed by atoms with Gasteiger partial charge in [0.15, 0.2) is 0 Å². The lowest BCUT2D eigenvalue weighted by molar-refractivity contribution is -0.150. The maximum absolute atomic E-state index is 13.9. The number of hydrogen-bond acceptors (Lipinski definition) is 6. The van der Waals surface area contributed by atoms with Crippen LogP contribution < -0.4 is 20.9 Å². The number of piperidine rings is 1. The van der Waals surface area contributed by atoms with Gasteiger partial charge in [0.2, 0.25) is 17.6 Å². The van der Waals surface area contributed by atoms with Crippen molar-refractivity contribution < 1.29 is 27.5 Å².